The summed E-state index contributed by atoms with van der Waals surface area (Å²) in [6, 6.07) is 66.0. The number of fused-ring (bicyclic) bond motifs is 9. The number of benzene rings is 8. The molecule has 0 spiro atoms. The van der Waals surface area contributed by atoms with Crippen LogP contribution in [-0.4, -0.2) is 13.7 Å². The van der Waals surface area contributed by atoms with Gasteiger partial charge >= 0.3 is 0 Å². The van der Waals surface area contributed by atoms with Gasteiger partial charge in [0.25, 0.3) is 0 Å². The van der Waals surface area contributed by atoms with Gasteiger partial charge in [0.15, 0.2) is 0 Å². The quantitative estimate of drug-likeness (QED) is 0.184. The van der Waals surface area contributed by atoms with Crippen LogP contribution in [0.2, 0.25) is 0 Å². The number of rotatable bonds is 4. The summed E-state index contributed by atoms with van der Waals surface area (Å²) >= 11 is 0. The van der Waals surface area contributed by atoms with Crippen molar-refractivity contribution in [2.24, 2.45) is 0 Å². The number of hydrogen-bond acceptors (Lipinski definition) is 2. The van der Waals surface area contributed by atoms with Crippen molar-refractivity contribution in [3.05, 3.63) is 187 Å². The summed E-state index contributed by atoms with van der Waals surface area (Å²) in [6.45, 7) is 0. The van der Waals surface area contributed by atoms with Gasteiger partial charge in [-0.05, 0) is 83.9 Å². The lowest BCUT2D eigenvalue weighted by Crippen LogP contribution is -2.01. The number of nitrogens with zero attached hydrogens (tertiary/aromatic N) is 5. The minimum absolute atomic E-state index is 0.561. The summed E-state index contributed by atoms with van der Waals surface area (Å²) in [4.78, 5) is 0. The second-order valence-corrected chi connectivity index (χ2v) is 14.0. The van der Waals surface area contributed by atoms with Gasteiger partial charge in [-0.25, -0.2) is 0 Å². The van der Waals surface area contributed by atoms with Crippen LogP contribution in [0.4, 0.5) is 0 Å². The number of aromatic nitrogens is 3. The molecule has 0 aliphatic carbocycles. The molecule has 8 aromatic carbocycles. The van der Waals surface area contributed by atoms with Gasteiger partial charge in [-0.2, -0.15) is 10.5 Å². The highest BCUT2D eigenvalue weighted by Gasteiger charge is 2.20. The molecule has 0 radical (unpaired) electrons. The van der Waals surface area contributed by atoms with E-state index in [0.717, 1.165) is 72.1 Å². The first-order valence-corrected chi connectivity index (χ1v) is 18.3. The largest absolute Gasteiger partial charge is 0.309 e. The van der Waals surface area contributed by atoms with Crippen LogP contribution in [0.25, 0.3) is 93.6 Å². The van der Waals surface area contributed by atoms with Crippen molar-refractivity contribution in [1.29, 1.82) is 10.5 Å². The fourth-order valence-electron chi connectivity index (χ4n) is 8.75. The zero-order chi connectivity index (χ0) is 36.6. The van der Waals surface area contributed by atoms with E-state index >= 15 is 0 Å². The van der Waals surface area contributed by atoms with E-state index in [2.05, 4.69) is 159 Å². The Labute approximate surface area is 316 Å². The fourth-order valence-corrected chi connectivity index (χ4v) is 8.75. The highest BCUT2D eigenvalue weighted by Crippen LogP contribution is 2.40. The van der Waals surface area contributed by atoms with E-state index in [1.165, 1.54) is 21.5 Å². The Morgan fingerprint density at radius 3 is 1.51 bits per heavy atom. The van der Waals surface area contributed by atoms with Crippen molar-refractivity contribution in [2.45, 2.75) is 0 Å². The zero-order valence-electron chi connectivity index (χ0n) is 29.5. The smallest absolute Gasteiger partial charge is 0.0992 e. The normalized spacial score (nSPS) is 11.6. The lowest BCUT2D eigenvalue weighted by atomic mass is 10.0. The van der Waals surface area contributed by atoms with E-state index in [9.17, 15) is 10.5 Å². The molecule has 0 saturated heterocycles. The number of nitriles is 2. The summed E-state index contributed by atoms with van der Waals surface area (Å²) in [5, 5.41) is 27.1. The van der Waals surface area contributed by atoms with Gasteiger partial charge < -0.3 is 13.7 Å². The number of hydrogen-bond donors (Lipinski definition) is 0. The molecule has 0 saturated carbocycles. The van der Waals surface area contributed by atoms with Crippen molar-refractivity contribution in [2.75, 3.05) is 0 Å². The first-order chi connectivity index (χ1) is 27.2. The van der Waals surface area contributed by atoms with Gasteiger partial charge in [-0.1, -0.05) is 103 Å². The third kappa shape index (κ3) is 4.51. The van der Waals surface area contributed by atoms with Gasteiger partial charge in [0.2, 0.25) is 0 Å². The number of para-hydroxylation sites is 5. The maximum atomic E-state index is 10.3. The third-order valence-corrected chi connectivity index (χ3v) is 11.0. The Morgan fingerprint density at radius 2 is 0.855 bits per heavy atom. The van der Waals surface area contributed by atoms with Crippen LogP contribution in [-0.2, 0) is 0 Å². The molecule has 11 rings (SSSR count). The topological polar surface area (TPSA) is 62.4 Å². The van der Waals surface area contributed by atoms with Crippen LogP contribution in [0.1, 0.15) is 11.1 Å². The lowest BCUT2D eigenvalue weighted by molar-refractivity contribution is 1.13. The third-order valence-electron chi connectivity index (χ3n) is 11.0. The minimum atomic E-state index is 0.561. The molecule has 0 fully saturated rings. The maximum absolute atomic E-state index is 10.3. The minimum Gasteiger partial charge on any atom is -0.309 e. The molecule has 254 valence electrons. The summed E-state index contributed by atoms with van der Waals surface area (Å²) in [5.41, 5.74) is 12.6. The van der Waals surface area contributed by atoms with Gasteiger partial charge in [-0.3, -0.25) is 0 Å². The van der Waals surface area contributed by atoms with Gasteiger partial charge in [0.05, 0.1) is 62.1 Å². The predicted octanol–water partition coefficient (Wildman–Crippen LogP) is 12.4. The second-order valence-electron chi connectivity index (χ2n) is 14.0. The Morgan fingerprint density at radius 1 is 0.327 bits per heavy atom. The molecule has 0 N–H and O–H groups in total. The molecule has 0 atom stereocenters. The maximum Gasteiger partial charge on any atom is 0.0992 e. The van der Waals surface area contributed by atoms with Gasteiger partial charge in [0.1, 0.15) is 0 Å². The van der Waals surface area contributed by atoms with Crippen molar-refractivity contribution in [3.8, 4) is 40.3 Å². The highest BCUT2D eigenvalue weighted by atomic mass is 15.1. The molecule has 0 amide bonds. The predicted molar refractivity (Wildman–Crippen MR) is 224 cm³/mol. The lowest BCUT2D eigenvalue weighted by Gasteiger charge is -2.16. The van der Waals surface area contributed by atoms with E-state index in [4.69, 9.17) is 0 Å². The monoisotopic (exact) mass is 699 g/mol. The van der Waals surface area contributed by atoms with Crippen LogP contribution >= 0.6 is 0 Å². The molecule has 0 aliphatic rings. The average molecular weight is 700 g/mol. The Hall–Kier alpha value is -7.86. The first kappa shape index (κ1) is 30.7. The first-order valence-electron chi connectivity index (χ1n) is 18.3. The second kappa shape index (κ2) is 11.8. The van der Waals surface area contributed by atoms with E-state index in [0.29, 0.717) is 11.1 Å². The molecule has 0 aliphatic heterocycles. The Kier molecular flexibility index (Phi) is 6.61. The molecule has 55 heavy (non-hydrogen) atoms. The van der Waals surface area contributed by atoms with Crippen LogP contribution < -0.4 is 0 Å². The van der Waals surface area contributed by atoms with Crippen LogP contribution in [0.3, 0.4) is 0 Å². The average Bonchev–Trinajstić information content (AvgIpc) is 3.89. The van der Waals surface area contributed by atoms with Crippen molar-refractivity contribution in [1.82, 2.24) is 13.7 Å². The van der Waals surface area contributed by atoms with Gasteiger partial charge in [0, 0.05) is 43.7 Å². The molecule has 5 heteroatoms. The summed E-state index contributed by atoms with van der Waals surface area (Å²) in [6.07, 6.45) is 0. The molecule has 0 unspecified atom stereocenters. The SMILES string of the molecule is N#Cc1cc(-c2cccc(-n3c4ccccc4c4cccc(-n5c6ccccc6c6ccccc65)c43)c2)cc(-n2c3ccccc3c3ccc(C#N)cc32)c1. The van der Waals surface area contributed by atoms with Crippen LogP contribution in [0, 0.1) is 22.7 Å². The Balaban J connectivity index is 1.16. The molecule has 11 aromatic rings. The van der Waals surface area contributed by atoms with Crippen LogP contribution in [0.15, 0.2) is 176 Å². The molecular weight excluding hydrogens is 671 g/mol. The highest BCUT2D eigenvalue weighted by molar-refractivity contribution is 6.15. The standard InChI is InChI=1S/C50H29N5/c51-30-32-23-24-42-40-15-1-5-18-44(40)53(49(42)27-32)37-26-33(31-52)25-35(29-37)34-11-9-12-36(28-34)54-45-19-6-4-16-41(45)43-17-10-22-48(50(43)54)55-46-20-7-2-13-38(46)39-14-3-8-21-47(39)55/h1-29H. The molecule has 3 heterocycles. The van der Waals surface area contributed by atoms with Gasteiger partial charge in [-0.15, -0.1) is 0 Å². The molecule has 3 aromatic heterocycles. The van der Waals surface area contributed by atoms with Crippen LogP contribution in [0.5, 0.6) is 0 Å². The van der Waals surface area contributed by atoms with E-state index in [1.807, 2.05) is 42.5 Å². The molecule has 0 bridgehead atoms. The van der Waals surface area contributed by atoms with Crippen molar-refractivity contribution >= 4 is 65.4 Å². The van der Waals surface area contributed by atoms with E-state index in [1.54, 1.807) is 0 Å². The summed E-state index contributed by atoms with van der Waals surface area (Å²) in [5.74, 6) is 0. The fraction of sp³-hybridized carbons (Fsp3) is 0. The molecular formula is C50H29N5. The van der Waals surface area contributed by atoms with E-state index in [-0.39, 0.29) is 0 Å². The van der Waals surface area contributed by atoms with Crippen molar-refractivity contribution < 1.29 is 0 Å². The Bertz CT molecular complexity index is 3420. The summed E-state index contributed by atoms with van der Waals surface area (Å²) in [7, 11) is 0. The van der Waals surface area contributed by atoms with Crippen molar-refractivity contribution in [3.63, 3.8) is 0 Å². The zero-order valence-corrected chi connectivity index (χ0v) is 29.5. The molecule has 5 nitrogen and oxygen atoms in total. The van der Waals surface area contributed by atoms with E-state index < -0.39 is 0 Å². The summed E-state index contributed by atoms with van der Waals surface area (Å²) < 4.78 is 6.96.